The fraction of sp³-hybridized carbons (Fsp3) is 0.562. The molecule has 1 aliphatic rings. The van der Waals surface area contributed by atoms with Gasteiger partial charge in [-0.25, -0.2) is 0 Å². The molecule has 1 amide bonds. The topological polar surface area (TPSA) is 55.1 Å². The zero-order valence-electron chi connectivity index (χ0n) is 12.0. The van der Waals surface area contributed by atoms with Crippen LogP contribution in [0, 0.1) is 12.3 Å². The van der Waals surface area contributed by atoms with Crippen molar-refractivity contribution in [3.05, 3.63) is 29.3 Å². The highest BCUT2D eigenvalue weighted by Gasteiger charge is 2.32. The third kappa shape index (κ3) is 2.91. The van der Waals surface area contributed by atoms with E-state index in [0.717, 1.165) is 18.5 Å². The van der Waals surface area contributed by atoms with Crippen LogP contribution in [-0.2, 0) is 0 Å². The number of carbonyl (C=O) groups excluding carboxylic acids is 1. The molecule has 0 atom stereocenters. The van der Waals surface area contributed by atoms with Crippen LogP contribution in [0.2, 0.25) is 0 Å². The molecular formula is C16H24N2O. The van der Waals surface area contributed by atoms with E-state index in [2.05, 4.69) is 12.2 Å². The number of hydrogen-bond donors (Lipinski definition) is 2. The number of amides is 1. The Hall–Kier alpha value is -1.51. The first-order valence-corrected chi connectivity index (χ1v) is 7.21. The smallest absolute Gasteiger partial charge is 0.251 e. The van der Waals surface area contributed by atoms with Gasteiger partial charge in [-0.1, -0.05) is 25.8 Å². The molecule has 1 aromatic carbocycles. The summed E-state index contributed by atoms with van der Waals surface area (Å²) in [5, 5.41) is 3.11. The van der Waals surface area contributed by atoms with Gasteiger partial charge in [-0.05, 0) is 49.3 Å². The van der Waals surface area contributed by atoms with Gasteiger partial charge in [0.05, 0.1) is 0 Å². The monoisotopic (exact) mass is 260 g/mol. The summed E-state index contributed by atoms with van der Waals surface area (Å²) >= 11 is 0. The molecule has 0 radical (unpaired) electrons. The van der Waals surface area contributed by atoms with Gasteiger partial charge in [-0.3, -0.25) is 4.79 Å². The molecule has 0 heterocycles. The SMILES string of the molecule is CCC1(CNC(=O)c2cccc(N)c2C)CCCC1. The summed E-state index contributed by atoms with van der Waals surface area (Å²) in [5.41, 5.74) is 8.42. The minimum atomic E-state index is 0.00419. The van der Waals surface area contributed by atoms with E-state index in [1.807, 2.05) is 25.1 Å². The molecule has 1 fully saturated rings. The third-order valence-corrected chi connectivity index (χ3v) is 4.66. The Kier molecular flexibility index (Phi) is 4.13. The van der Waals surface area contributed by atoms with Crippen LogP contribution in [0.1, 0.15) is 54.9 Å². The van der Waals surface area contributed by atoms with E-state index in [4.69, 9.17) is 5.73 Å². The lowest BCUT2D eigenvalue weighted by Gasteiger charge is -2.27. The summed E-state index contributed by atoms with van der Waals surface area (Å²) in [6.45, 7) is 4.91. The molecule has 1 saturated carbocycles. The van der Waals surface area contributed by atoms with Crippen LogP contribution >= 0.6 is 0 Å². The van der Waals surface area contributed by atoms with Crippen LogP contribution in [0.5, 0.6) is 0 Å². The van der Waals surface area contributed by atoms with E-state index in [9.17, 15) is 4.79 Å². The Bertz CT molecular complexity index is 462. The van der Waals surface area contributed by atoms with Gasteiger partial charge in [0.25, 0.3) is 5.91 Å². The normalized spacial score (nSPS) is 17.4. The summed E-state index contributed by atoms with van der Waals surface area (Å²) in [7, 11) is 0. The molecule has 1 aliphatic carbocycles. The highest BCUT2D eigenvalue weighted by molar-refractivity contribution is 5.96. The summed E-state index contributed by atoms with van der Waals surface area (Å²) in [6.07, 6.45) is 6.20. The second kappa shape index (κ2) is 5.64. The van der Waals surface area contributed by atoms with Crippen LogP contribution in [0.4, 0.5) is 5.69 Å². The summed E-state index contributed by atoms with van der Waals surface area (Å²) in [4.78, 5) is 12.3. The Labute approximate surface area is 115 Å². The van der Waals surface area contributed by atoms with E-state index in [1.165, 1.54) is 25.7 Å². The zero-order chi connectivity index (χ0) is 13.9. The largest absolute Gasteiger partial charge is 0.398 e. The van der Waals surface area contributed by atoms with Crippen molar-refractivity contribution in [3.8, 4) is 0 Å². The highest BCUT2D eigenvalue weighted by Crippen LogP contribution is 2.40. The molecule has 0 bridgehead atoms. The Morgan fingerprint density at radius 1 is 1.37 bits per heavy atom. The van der Waals surface area contributed by atoms with Gasteiger partial charge in [0.15, 0.2) is 0 Å². The van der Waals surface area contributed by atoms with E-state index in [1.54, 1.807) is 0 Å². The maximum Gasteiger partial charge on any atom is 0.251 e. The molecule has 0 aliphatic heterocycles. The first kappa shape index (κ1) is 13.9. The average Bonchev–Trinajstić information content (AvgIpc) is 2.89. The molecule has 19 heavy (non-hydrogen) atoms. The van der Waals surface area contributed by atoms with Crippen LogP contribution in [0.15, 0.2) is 18.2 Å². The first-order chi connectivity index (χ1) is 9.08. The van der Waals surface area contributed by atoms with E-state index < -0.39 is 0 Å². The summed E-state index contributed by atoms with van der Waals surface area (Å²) < 4.78 is 0. The van der Waals surface area contributed by atoms with E-state index in [-0.39, 0.29) is 5.91 Å². The molecule has 0 aromatic heterocycles. The van der Waals surface area contributed by atoms with Gasteiger partial charge < -0.3 is 11.1 Å². The molecule has 2 rings (SSSR count). The van der Waals surface area contributed by atoms with Crippen LogP contribution in [0.25, 0.3) is 0 Å². The number of nitrogens with two attached hydrogens (primary N) is 1. The highest BCUT2D eigenvalue weighted by atomic mass is 16.1. The van der Waals surface area contributed by atoms with Gasteiger partial charge in [0, 0.05) is 17.8 Å². The molecular weight excluding hydrogens is 236 g/mol. The van der Waals surface area contributed by atoms with Crippen molar-refractivity contribution in [2.45, 2.75) is 46.0 Å². The Morgan fingerprint density at radius 2 is 2.05 bits per heavy atom. The maximum absolute atomic E-state index is 12.3. The molecule has 3 N–H and O–H groups in total. The molecule has 0 spiro atoms. The fourth-order valence-electron chi connectivity index (χ4n) is 3.04. The summed E-state index contributed by atoms with van der Waals surface area (Å²) in [5.74, 6) is 0.00419. The van der Waals surface area contributed by atoms with Gasteiger partial charge in [-0.2, -0.15) is 0 Å². The fourth-order valence-corrected chi connectivity index (χ4v) is 3.04. The lowest BCUT2D eigenvalue weighted by Crippen LogP contribution is -2.35. The van der Waals surface area contributed by atoms with Crippen molar-refractivity contribution in [2.24, 2.45) is 5.41 Å². The standard InChI is InChI=1S/C16H24N2O/c1-3-16(9-4-5-10-16)11-18-15(19)13-7-6-8-14(17)12(13)2/h6-8H,3-5,9-11,17H2,1-2H3,(H,18,19). The van der Waals surface area contributed by atoms with E-state index in [0.29, 0.717) is 16.7 Å². The Morgan fingerprint density at radius 3 is 2.68 bits per heavy atom. The van der Waals surface area contributed by atoms with Crippen LogP contribution in [0.3, 0.4) is 0 Å². The number of nitrogens with one attached hydrogen (secondary N) is 1. The summed E-state index contributed by atoms with van der Waals surface area (Å²) in [6, 6.07) is 5.51. The average molecular weight is 260 g/mol. The van der Waals surface area contributed by atoms with Gasteiger partial charge in [-0.15, -0.1) is 0 Å². The first-order valence-electron chi connectivity index (χ1n) is 7.21. The lowest BCUT2D eigenvalue weighted by molar-refractivity contribution is 0.0928. The molecule has 0 unspecified atom stereocenters. The predicted octanol–water partition coefficient (Wildman–Crippen LogP) is 3.28. The molecule has 3 nitrogen and oxygen atoms in total. The van der Waals surface area contributed by atoms with Crippen molar-refractivity contribution < 1.29 is 4.79 Å². The maximum atomic E-state index is 12.3. The second-order valence-electron chi connectivity index (χ2n) is 5.76. The number of nitrogen functional groups attached to an aromatic ring is 1. The van der Waals surface area contributed by atoms with Crippen molar-refractivity contribution in [1.29, 1.82) is 0 Å². The van der Waals surface area contributed by atoms with Gasteiger partial charge in [0.2, 0.25) is 0 Å². The molecule has 0 saturated heterocycles. The quantitative estimate of drug-likeness (QED) is 0.816. The number of hydrogen-bond acceptors (Lipinski definition) is 2. The Balaban J connectivity index is 2.03. The van der Waals surface area contributed by atoms with Crippen LogP contribution in [-0.4, -0.2) is 12.5 Å². The lowest BCUT2D eigenvalue weighted by atomic mass is 9.83. The predicted molar refractivity (Wildman–Crippen MR) is 79.1 cm³/mol. The molecule has 104 valence electrons. The molecule has 3 heteroatoms. The number of rotatable bonds is 4. The van der Waals surface area contributed by atoms with Crippen molar-refractivity contribution in [1.82, 2.24) is 5.32 Å². The number of benzene rings is 1. The third-order valence-electron chi connectivity index (χ3n) is 4.66. The van der Waals surface area contributed by atoms with Crippen molar-refractivity contribution in [2.75, 3.05) is 12.3 Å². The molecule has 1 aromatic rings. The number of carbonyl (C=O) groups is 1. The second-order valence-corrected chi connectivity index (χ2v) is 5.76. The van der Waals surface area contributed by atoms with Crippen molar-refractivity contribution in [3.63, 3.8) is 0 Å². The zero-order valence-corrected chi connectivity index (χ0v) is 12.0. The van der Waals surface area contributed by atoms with Gasteiger partial charge in [0.1, 0.15) is 0 Å². The van der Waals surface area contributed by atoms with Crippen LogP contribution < -0.4 is 11.1 Å². The minimum Gasteiger partial charge on any atom is -0.398 e. The van der Waals surface area contributed by atoms with Crippen molar-refractivity contribution >= 4 is 11.6 Å². The van der Waals surface area contributed by atoms with E-state index >= 15 is 0 Å². The number of anilines is 1. The van der Waals surface area contributed by atoms with Gasteiger partial charge >= 0.3 is 0 Å². The minimum absolute atomic E-state index is 0.00419.